The van der Waals surface area contributed by atoms with Gasteiger partial charge in [-0.15, -0.1) is 11.3 Å². The second-order valence-electron chi connectivity index (χ2n) is 4.64. The SMILES string of the molecule is COc1ccc(NC(=O)[C@@H](C)Sc2nc(C)cs2)c([N+](=O)[O-])c1. The highest BCUT2D eigenvalue weighted by molar-refractivity contribution is 8.02. The number of nitro groups is 1. The Kier molecular flexibility index (Phi) is 5.56. The molecule has 0 aliphatic carbocycles. The maximum Gasteiger partial charge on any atom is 0.296 e. The number of carbonyl (C=O) groups excluding carboxylic acids is 1. The Morgan fingerprint density at radius 3 is 2.83 bits per heavy atom. The summed E-state index contributed by atoms with van der Waals surface area (Å²) in [7, 11) is 1.42. The van der Waals surface area contributed by atoms with Gasteiger partial charge in [-0.05, 0) is 26.0 Å². The van der Waals surface area contributed by atoms with Gasteiger partial charge in [0, 0.05) is 11.1 Å². The maximum absolute atomic E-state index is 12.2. The number of benzene rings is 1. The molecule has 2 aromatic rings. The molecule has 0 saturated heterocycles. The van der Waals surface area contributed by atoms with Gasteiger partial charge in [0.15, 0.2) is 4.34 Å². The van der Waals surface area contributed by atoms with Gasteiger partial charge in [0.25, 0.3) is 5.69 Å². The van der Waals surface area contributed by atoms with Gasteiger partial charge in [-0.3, -0.25) is 14.9 Å². The van der Waals surface area contributed by atoms with Gasteiger partial charge in [0.05, 0.1) is 23.3 Å². The van der Waals surface area contributed by atoms with Crippen molar-refractivity contribution >= 4 is 40.4 Å². The molecule has 7 nitrogen and oxygen atoms in total. The first-order valence-corrected chi connectivity index (χ1v) is 8.38. The molecule has 1 atom stereocenters. The monoisotopic (exact) mass is 353 g/mol. The van der Waals surface area contributed by atoms with Crippen LogP contribution in [0.2, 0.25) is 0 Å². The van der Waals surface area contributed by atoms with Crippen molar-refractivity contribution < 1.29 is 14.5 Å². The van der Waals surface area contributed by atoms with E-state index in [1.54, 1.807) is 13.0 Å². The fourth-order valence-corrected chi connectivity index (χ4v) is 3.71. The van der Waals surface area contributed by atoms with E-state index in [1.807, 2.05) is 12.3 Å². The van der Waals surface area contributed by atoms with Crippen molar-refractivity contribution in [3.05, 3.63) is 39.4 Å². The minimum Gasteiger partial charge on any atom is -0.496 e. The van der Waals surface area contributed by atoms with Gasteiger partial charge in [0.1, 0.15) is 11.4 Å². The van der Waals surface area contributed by atoms with Crippen LogP contribution < -0.4 is 10.1 Å². The predicted molar refractivity (Wildman–Crippen MR) is 90.4 cm³/mol. The molecule has 1 heterocycles. The van der Waals surface area contributed by atoms with E-state index in [-0.39, 0.29) is 17.3 Å². The van der Waals surface area contributed by atoms with Crippen molar-refractivity contribution in [3.63, 3.8) is 0 Å². The lowest BCUT2D eigenvalue weighted by atomic mass is 10.2. The highest BCUT2D eigenvalue weighted by Crippen LogP contribution is 2.31. The summed E-state index contributed by atoms with van der Waals surface area (Å²) in [5.74, 6) is 0.0338. The molecule has 1 aromatic heterocycles. The summed E-state index contributed by atoms with van der Waals surface area (Å²) in [5.41, 5.74) is 0.833. The van der Waals surface area contributed by atoms with E-state index in [9.17, 15) is 14.9 Å². The van der Waals surface area contributed by atoms with E-state index in [0.717, 1.165) is 10.0 Å². The van der Waals surface area contributed by atoms with Gasteiger partial charge < -0.3 is 10.1 Å². The molecule has 1 aromatic carbocycles. The molecule has 1 N–H and O–H groups in total. The number of hydrogen-bond donors (Lipinski definition) is 1. The number of nitrogens with zero attached hydrogens (tertiary/aromatic N) is 2. The van der Waals surface area contributed by atoms with Crippen molar-refractivity contribution in [1.82, 2.24) is 4.98 Å². The number of anilines is 1. The van der Waals surface area contributed by atoms with Crippen molar-refractivity contribution in [2.24, 2.45) is 0 Å². The van der Waals surface area contributed by atoms with E-state index in [4.69, 9.17) is 4.74 Å². The number of nitro benzene ring substituents is 1. The van der Waals surface area contributed by atoms with Crippen LogP contribution in [0.3, 0.4) is 0 Å². The average molecular weight is 353 g/mol. The zero-order valence-electron chi connectivity index (χ0n) is 12.7. The first-order valence-electron chi connectivity index (χ1n) is 6.62. The second-order valence-corrected chi connectivity index (χ2v) is 7.09. The van der Waals surface area contributed by atoms with Crippen LogP contribution in [-0.2, 0) is 4.79 Å². The molecule has 2 rings (SSSR count). The average Bonchev–Trinajstić information content (AvgIpc) is 2.92. The van der Waals surface area contributed by atoms with Crippen molar-refractivity contribution in [2.45, 2.75) is 23.4 Å². The van der Waals surface area contributed by atoms with Gasteiger partial charge in [-0.2, -0.15) is 0 Å². The van der Waals surface area contributed by atoms with Crippen LogP contribution in [0.1, 0.15) is 12.6 Å². The van der Waals surface area contributed by atoms with Crippen LogP contribution in [0.5, 0.6) is 5.75 Å². The summed E-state index contributed by atoms with van der Waals surface area (Å²) in [6, 6.07) is 4.29. The number of methoxy groups -OCH3 is 1. The first-order chi connectivity index (χ1) is 10.9. The molecule has 0 fully saturated rings. The number of rotatable bonds is 6. The van der Waals surface area contributed by atoms with Crippen molar-refractivity contribution in [3.8, 4) is 5.75 Å². The van der Waals surface area contributed by atoms with E-state index >= 15 is 0 Å². The molecule has 0 aliphatic rings. The van der Waals surface area contributed by atoms with E-state index in [2.05, 4.69) is 10.3 Å². The zero-order valence-corrected chi connectivity index (χ0v) is 14.4. The van der Waals surface area contributed by atoms with Crippen LogP contribution in [0.4, 0.5) is 11.4 Å². The zero-order chi connectivity index (χ0) is 17.0. The Balaban J connectivity index is 2.11. The lowest BCUT2D eigenvalue weighted by Crippen LogP contribution is -2.22. The number of hydrogen-bond acceptors (Lipinski definition) is 7. The third-order valence-corrected chi connectivity index (χ3v) is 5.09. The molecule has 0 saturated carbocycles. The number of ether oxygens (including phenoxy) is 1. The molecule has 23 heavy (non-hydrogen) atoms. The smallest absolute Gasteiger partial charge is 0.296 e. The summed E-state index contributed by atoms with van der Waals surface area (Å²) in [5, 5.41) is 15.2. The summed E-state index contributed by atoms with van der Waals surface area (Å²) in [6.45, 7) is 3.61. The highest BCUT2D eigenvalue weighted by atomic mass is 32.2. The minimum absolute atomic E-state index is 0.142. The molecule has 0 spiro atoms. The van der Waals surface area contributed by atoms with Crippen molar-refractivity contribution in [1.29, 1.82) is 0 Å². The lowest BCUT2D eigenvalue weighted by Gasteiger charge is -2.11. The Morgan fingerprint density at radius 2 is 2.26 bits per heavy atom. The number of aromatic nitrogens is 1. The standard InChI is InChI=1S/C14H15N3O4S2/c1-8-7-22-14(15-8)23-9(2)13(18)16-11-5-4-10(21-3)6-12(11)17(19)20/h4-7,9H,1-3H3,(H,16,18)/t9-/m1/s1. The summed E-state index contributed by atoms with van der Waals surface area (Å²) < 4.78 is 5.75. The normalized spacial score (nSPS) is 11.8. The van der Waals surface area contributed by atoms with Crippen LogP contribution in [0.25, 0.3) is 0 Å². The molecule has 0 bridgehead atoms. The van der Waals surface area contributed by atoms with Crippen LogP contribution in [-0.4, -0.2) is 28.2 Å². The number of amides is 1. The highest BCUT2D eigenvalue weighted by Gasteiger charge is 2.21. The third kappa shape index (κ3) is 4.42. The maximum atomic E-state index is 12.2. The number of nitrogens with one attached hydrogen (secondary N) is 1. The molecular formula is C14H15N3O4S2. The largest absolute Gasteiger partial charge is 0.496 e. The first kappa shape index (κ1) is 17.2. The van der Waals surface area contributed by atoms with Gasteiger partial charge in [-0.1, -0.05) is 11.8 Å². The molecule has 0 radical (unpaired) electrons. The predicted octanol–water partition coefficient (Wildman–Crippen LogP) is 3.49. The Bertz CT molecular complexity index is 733. The summed E-state index contributed by atoms with van der Waals surface area (Å²) in [6.07, 6.45) is 0. The van der Waals surface area contributed by atoms with Crippen LogP contribution in [0, 0.1) is 17.0 Å². The second kappa shape index (κ2) is 7.42. The number of thiazole rings is 1. The fourth-order valence-electron chi connectivity index (χ4n) is 1.72. The number of aryl methyl sites for hydroxylation is 1. The van der Waals surface area contributed by atoms with E-state index in [0.29, 0.717) is 5.75 Å². The Hall–Kier alpha value is -2.13. The molecule has 0 aliphatic heterocycles. The lowest BCUT2D eigenvalue weighted by molar-refractivity contribution is -0.384. The third-order valence-electron chi connectivity index (χ3n) is 2.90. The van der Waals surface area contributed by atoms with Crippen LogP contribution >= 0.6 is 23.1 Å². The quantitative estimate of drug-likeness (QED) is 0.485. The molecule has 122 valence electrons. The van der Waals surface area contributed by atoms with Gasteiger partial charge in [0.2, 0.25) is 5.91 Å². The molecule has 0 unspecified atom stereocenters. The molecule has 9 heteroatoms. The fraction of sp³-hybridized carbons (Fsp3) is 0.286. The molecular weight excluding hydrogens is 338 g/mol. The molecule has 1 amide bonds. The van der Waals surface area contributed by atoms with E-state index in [1.165, 1.54) is 42.3 Å². The number of thioether (sulfide) groups is 1. The van der Waals surface area contributed by atoms with Crippen molar-refractivity contribution in [2.75, 3.05) is 12.4 Å². The van der Waals surface area contributed by atoms with Gasteiger partial charge in [-0.25, -0.2) is 4.98 Å². The minimum atomic E-state index is -0.555. The number of carbonyl (C=O) groups is 1. The Labute approximate surface area is 141 Å². The van der Waals surface area contributed by atoms with E-state index < -0.39 is 10.2 Å². The summed E-state index contributed by atoms with van der Waals surface area (Å²) >= 11 is 2.78. The Morgan fingerprint density at radius 1 is 1.52 bits per heavy atom. The topological polar surface area (TPSA) is 94.4 Å². The summed E-state index contributed by atoms with van der Waals surface area (Å²) in [4.78, 5) is 27.1. The van der Waals surface area contributed by atoms with Crippen LogP contribution in [0.15, 0.2) is 27.9 Å². The van der Waals surface area contributed by atoms with Gasteiger partial charge >= 0.3 is 0 Å².